The molecule has 1 N–H and O–H groups in total. The van der Waals surface area contributed by atoms with E-state index in [1.807, 2.05) is 25.1 Å². The topological polar surface area (TPSA) is 38.3 Å². The van der Waals surface area contributed by atoms with E-state index in [9.17, 15) is 9.18 Å². The van der Waals surface area contributed by atoms with Crippen molar-refractivity contribution in [1.82, 2.24) is 0 Å². The maximum Gasteiger partial charge on any atom is 0.228 e. The van der Waals surface area contributed by atoms with E-state index < -0.39 is 5.82 Å². The summed E-state index contributed by atoms with van der Waals surface area (Å²) in [5.74, 6) is 0.0923. The number of rotatable bonds is 4. The number of nitrogens with one attached hydrogen (secondary N) is 1. The Morgan fingerprint density at radius 2 is 2.00 bits per heavy atom. The SMILES string of the molecule is COc1ccc(CC(=O)Nc2ccccc2F)cc1C. The molecule has 0 aliphatic rings. The van der Waals surface area contributed by atoms with Crippen LogP contribution in [0.1, 0.15) is 11.1 Å². The third kappa shape index (κ3) is 3.35. The van der Waals surface area contributed by atoms with Crippen molar-refractivity contribution in [2.75, 3.05) is 12.4 Å². The van der Waals surface area contributed by atoms with E-state index in [4.69, 9.17) is 4.74 Å². The Bertz CT molecular complexity index is 626. The van der Waals surface area contributed by atoms with E-state index in [-0.39, 0.29) is 18.0 Å². The maximum atomic E-state index is 13.4. The molecule has 2 aromatic rings. The minimum atomic E-state index is -0.438. The lowest BCUT2D eigenvalue weighted by atomic mass is 10.1. The summed E-state index contributed by atoms with van der Waals surface area (Å²) in [6, 6.07) is 11.6. The second-order valence-corrected chi connectivity index (χ2v) is 4.51. The van der Waals surface area contributed by atoms with Gasteiger partial charge < -0.3 is 10.1 Å². The van der Waals surface area contributed by atoms with Crippen LogP contribution in [0.15, 0.2) is 42.5 Å². The van der Waals surface area contributed by atoms with Crippen molar-refractivity contribution in [3.8, 4) is 5.75 Å². The Kier molecular flexibility index (Phi) is 4.35. The molecule has 0 heterocycles. The molecular formula is C16H16FNO2. The average Bonchev–Trinajstić information content (AvgIpc) is 2.41. The van der Waals surface area contributed by atoms with E-state index in [2.05, 4.69) is 5.32 Å². The fourth-order valence-electron chi connectivity index (χ4n) is 1.99. The normalized spacial score (nSPS) is 10.2. The van der Waals surface area contributed by atoms with Crippen molar-refractivity contribution in [3.05, 3.63) is 59.4 Å². The van der Waals surface area contributed by atoms with Gasteiger partial charge in [0.2, 0.25) is 5.91 Å². The van der Waals surface area contributed by atoms with Crippen LogP contribution in [0.25, 0.3) is 0 Å². The van der Waals surface area contributed by atoms with Gasteiger partial charge in [-0.15, -0.1) is 0 Å². The number of hydrogen-bond acceptors (Lipinski definition) is 2. The van der Waals surface area contributed by atoms with Crippen LogP contribution in [0, 0.1) is 12.7 Å². The monoisotopic (exact) mass is 273 g/mol. The number of carbonyl (C=O) groups is 1. The van der Waals surface area contributed by atoms with Gasteiger partial charge >= 0.3 is 0 Å². The van der Waals surface area contributed by atoms with Gasteiger partial charge in [0.1, 0.15) is 11.6 Å². The molecule has 0 fully saturated rings. The number of benzene rings is 2. The van der Waals surface area contributed by atoms with Crippen LogP contribution in [-0.4, -0.2) is 13.0 Å². The Morgan fingerprint density at radius 1 is 1.25 bits per heavy atom. The van der Waals surface area contributed by atoms with Gasteiger partial charge in [-0.25, -0.2) is 4.39 Å². The van der Waals surface area contributed by atoms with Crippen molar-refractivity contribution in [1.29, 1.82) is 0 Å². The molecule has 0 bridgehead atoms. The lowest BCUT2D eigenvalue weighted by Crippen LogP contribution is -2.15. The molecule has 3 nitrogen and oxygen atoms in total. The molecule has 0 aromatic heterocycles. The van der Waals surface area contributed by atoms with Gasteiger partial charge in [0.25, 0.3) is 0 Å². The van der Waals surface area contributed by atoms with Gasteiger partial charge in [0.15, 0.2) is 0 Å². The van der Waals surface area contributed by atoms with Gasteiger partial charge in [-0.05, 0) is 36.2 Å². The van der Waals surface area contributed by atoms with Gasteiger partial charge in [0.05, 0.1) is 19.2 Å². The van der Waals surface area contributed by atoms with Crippen LogP contribution >= 0.6 is 0 Å². The number of anilines is 1. The van der Waals surface area contributed by atoms with Gasteiger partial charge in [-0.3, -0.25) is 4.79 Å². The van der Waals surface area contributed by atoms with Crippen LogP contribution in [0.5, 0.6) is 5.75 Å². The first kappa shape index (κ1) is 14.1. The highest BCUT2D eigenvalue weighted by Gasteiger charge is 2.08. The molecule has 20 heavy (non-hydrogen) atoms. The minimum absolute atomic E-state index is 0.194. The van der Waals surface area contributed by atoms with Gasteiger partial charge in [0, 0.05) is 0 Å². The Hall–Kier alpha value is -2.36. The zero-order valence-corrected chi connectivity index (χ0v) is 11.4. The second-order valence-electron chi connectivity index (χ2n) is 4.51. The van der Waals surface area contributed by atoms with Crippen molar-refractivity contribution >= 4 is 11.6 Å². The smallest absolute Gasteiger partial charge is 0.228 e. The largest absolute Gasteiger partial charge is 0.496 e. The molecule has 0 atom stereocenters. The molecule has 1 amide bonds. The van der Waals surface area contributed by atoms with E-state index in [1.165, 1.54) is 12.1 Å². The van der Waals surface area contributed by atoms with Crippen LogP contribution in [-0.2, 0) is 11.2 Å². The number of halogens is 1. The lowest BCUT2D eigenvalue weighted by Gasteiger charge is -2.08. The van der Waals surface area contributed by atoms with Crippen molar-refractivity contribution < 1.29 is 13.9 Å². The molecule has 0 aliphatic carbocycles. The van der Waals surface area contributed by atoms with Crippen LogP contribution in [0.2, 0.25) is 0 Å². The molecule has 4 heteroatoms. The first-order chi connectivity index (χ1) is 9.60. The average molecular weight is 273 g/mol. The molecule has 0 saturated carbocycles. The van der Waals surface area contributed by atoms with Crippen molar-refractivity contribution in [2.45, 2.75) is 13.3 Å². The van der Waals surface area contributed by atoms with Crippen molar-refractivity contribution in [2.24, 2.45) is 0 Å². The molecular weight excluding hydrogens is 257 g/mol. The first-order valence-corrected chi connectivity index (χ1v) is 6.28. The zero-order valence-electron chi connectivity index (χ0n) is 11.4. The summed E-state index contributed by atoms with van der Waals surface area (Å²) in [5, 5.41) is 2.56. The summed E-state index contributed by atoms with van der Waals surface area (Å²) in [7, 11) is 1.60. The Labute approximate surface area is 117 Å². The molecule has 0 saturated heterocycles. The summed E-state index contributed by atoms with van der Waals surface area (Å²) < 4.78 is 18.6. The molecule has 2 rings (SSSR count). The lowest BCUT2D eigenvalue weighted by molar-refractivity contribution is -0.115. The van der Waals surface area contributed by atoms with Gasteiger partial charge in [-0.2, -0.15) is 0 Å². The number of para-hydroxylation sites is 1. The first-order valence-electron chi connectivity index (χ1n) is 6.28. The number of aryl methyl sites for hydroxylation is 1. The minimum Gasteiger partial charge on any atom is -0.496 e. The van der Waals surface area contributed by atoms with E-state index in [1.54, 1.807) is 19.2 Å². The number of ether oxygens (including phenoxy) is 1. The summed E-state index contributed by atoms with van der Waals surface area (Å²) in [5.41, 5.74) is 2.02. The van der Waals surface area contributed by atoms with Crippen LogP contribution < -0.4 is 10.1 Å². The maximum absolute atomic E-state index is 13.4. The molecule has 0 radical (unpaired) electrons. The number of methoxy groups -OCH3 is 1. The quantitative estimate of drug-likeness (QED) is 0.928. The van der Waals surface area contributed by atoms with Crippen molar-refractivity contribution in [3.63, 3.8) is 0 Å². The molecule has 0 unspecified atom stereocenters. The predicted molar refractivity (Wildman–Crippen MR) is 76.5 cm³/mol. The van der Waals surface area contributed by atoms with Gasteiger partial charge in [-0.1, -0.05) is 24.3 Å². The van der Waals surface area contributed by atoms with Crippen LogP contribution in [0.3, 0.4) is 0 Å². The third-order valence-electron chi connectivity index (χ3n) is 2.97. The second kappa shape index (κ2) is 6.19. The molecule has 104 valence electrons. The standard InChI is InChI=1S/C16H16FNO2/c1-11-9-12(7-8-15(11)20-2)10-16(19)18-14-6-4-3-5-13(14)17/h3-9H,10H2,1-2H3,(H,18,19). The molecule has 2 aromatic carbocycles. The Morgan fingerprint density at radius 3 is 2.65 bits per heavy atom. The van der Waals surface area contributed by atoms with E-state index >= 15 is 0 Å². The Balaban J connectivity index is 2.05. The summed E-state index contributed by atoms with van der Waals surface area (Å²) in [6.45, 7) is 1.91. The fourth-order valence-corrected chi connectivity index (χ4v) is 1.99. The predicted octanol–water partition coefficient (Wildman–Crippen LogP) is 3.32. The summed E-state index contributed by atoms with van der Waals surface area (Å²) in [6.07, 6.45) is 0.194. The highest BCUT2D eigenvalue weighted by Crippen LogP contribution is 2.19. The third-order valence-corrected chi connectivity index (χ3v) is 2.97. The highest BCUT2D eigenvalue weighted by atomic mass is 19.1. The number of hydrogen-bond donors (Lipinski definition) is 1. The molecule has 0 spiro atoms. The summed E-state index contributed by atoms with van der Waals surface area (Å²) >= 11 is 0. The highest BCUT2D eigenvalue weighted by molar-refractivity contribution is 5.92. The zero-order chi connectivity index (χ0) is 14.5. The van der Waals surface area contributed by atoms with E-state index in [0.29, 0.717) is 0 Å². The number of amides is 1. The van der Waals surface area contributed by atoms with Crippen LogP contribution in [0.4, 0.5) is 10.1 Å². The fraction of sp³-hybridized carbons (Fsp3) is 0.188. The summed E-state index contributed by atoms with van der Waals surface area (Å²) in [4.78, 5) is 11.9. The van der Waals surface area contributed by atoms with E-state index in [0.717, 1.165) is 16.9 Å². The molecule has 0 aliphatic heterocycles. The number of carbonyl (C=O) groups excluding carboxylic acids is 1.